The minimum absolute atomic E-state index is 0.509. The molecule has 0 unspecified atom stereocenters. The van der Waals surface area contributed by atoms with E-state index in [1.54, 1.807) is 14.2 Å². The Balaban J connectivity index is 1.65. The number of hydrogen-bond acceptors (Lipinski definition) is 3. The molecule has 180 valence electrons. The molecule has 0 atom stereocenters. The Morgan fingerprint density at radius 2 is 1.05 bits per heavy atom. The van der Waals surface area contributed by atoms with Crippen molar-refractivity contribution < 1.29 is 14.2 Å². The molecule has 0 radical (unpaired) electrons. The van der Waals surface area contributed by atoms with Crippen LogP contribution in [0.5, 0.6) is 23.0 Å². The second-order valence-corrected chi connectivity index (χ2v) is 9.84. The highest BCUT2D eigenvalue weighted by Crippen LogP contribution is 2.56. The van der Waals surface area contributed by atoms with Crippen molar-refractivity contribution >= 4 is 32.3 Å². The predicted molar refractivity (Wildman–Crippen MR) is 151 cm³/mol. The molecule has 0 saturated heterocycles. The maximum absolute atomic E-state index is 6.66. The molecule has 3 heteroatoms. The van der Waals surface area contributed by atoms with Crippen LogP contribution in [0.25, 0.3) is 32.3 Å². The molecule has 0 amide bonds. The van der Waals surface area contributed by atoms with Crippen LogP contribution in [0.4, 0.5) is 0 Å². The van der Waals surface area contributed by atoms with Crippen LogP contribution in [0.1, 0.15) is 23.6 Å². The van der Waals surface area contributed by atoms with E-state index >= 15 is 0 Å². The summed E-state index contributed by atoms with van der Waals surface area (Å²) >= 11 is 0. The molecule has 3 nitrogen and oxygen atoms in total. The van der Waals surface area contributed by atoms with Crippen LogP contribution in [0.15, 0.2) is 103 Å². The van der Waals surface area contributed by atoms with E-state index in [0.717, 1.165) is 55.7 Å². The zero-order chi connectivity index (χ0) is 25.1. The standard InChI is InChI=1S/C34H26O3/c1-34(25-13-8-21-6-4-5-7-24(21)18-25)32-28-19-26(35-2)14-9-22(28)11-16-30(32)37-31-17-12-23-10-15-27(36-3)20-29(23)33(31)34/h4-20H,1-3H3. The summed E-state index contributed by atoms with van der Waals surface area (Å²) in [6.07, 6.45) is 0. The van der Waals surface area contributed by atoms with Gasteiger partial charge < -0.3 is 14.2 Å². The summed E-state index contributed by atoms with van der Waals surface area (Å²) < 4.78 is 18.0. The third kappa shape index (κ3) is 3.14. The number of ether oxygens (including phenoxy) is 3. The Labute approximate surface area is 215 Å². The summed E-state index contributed by atoms with van der Waals surface area (Å²) in [4.78, 5) is 0. The lowest BCUT2D eigenvalue weighted by Crippen LogP contribution is -2.30. The third-order valence-electron chi connectivity index (χ3n) is 7.93. The first kappa shape index (κ1) is 21.8. The van der Waals surface area contributed by atoms with Gasteiger partial charge in [-0.1, -0.05) is 60.7 Å². The van der Waals surface area contributed by atoms with Crippen molar-refractivity contribution in [3.8, 4) is 23.0 Å². The van der Waals surface area contributed by atoms with Crippen molar-refractivity contribution in [3.63, 3.8) is 0 Å². The third-order valence-corrected chi connectivity index (χ3v) is 7.93. The van der Waals surface area contributed by atoms with Crippen LogP contribution in [0, 0.1) is 0 Å². The predicted octanol–water partition coefficient (Wildman–Crippen LogP) is 8.62. The Morgan fingerprint density at radius 3 is 1.62 bits per heavy atom. The molecule has 0 spiro atoms. The van der Waals surface area contributed by atoms with E-state index in [2.05, 4.69) is 97.9 Å². The van der Waals surface area contributed by atoms with E-state index in [-0.39, 0.29) is 0 Å². The van der Waals surface area contributed by atoms with E-state index in [1.807, 2.05) is 12.1 Å². The zero-order valence-corrected chi connectivity index (χ0v) is 21.0. The second kappa shape index (κ2) is 8.01. The van der Waals surface area contributed by atoms with Crippen LogP contribution in [0.2, 0.25) is 0 Å². The van der Waals surface area contributed by atoms with Crippen molar-refractivity contribution in [2.75, 3.05) is 14.2 Å². The van der Waals surface area contributed by atoms with Gasteiger partial charge in [-0.05, 0) is 87.3 Å². The lowest BCUT2D eigenvalue weighted by atomic mass is 9.66. The fourth-order valence-corrected chi connectivity index (χ4v) is 6.05. The van der Waals surface area contributed by atoms with Crippen LogP contribution in [-0.4, -0.2) is 14.2 Å². The fourth-order valence-electron chi connectivity index (χ4n) is 6.05. The molecule has 1 aliphatic rings. The van der Waals surface area contributed by atoms with Crippen LogP contribution in [0.3, 0.4) is 0 Å². The number of fused-ring (bicyclic) bond motifs is 7. The molecular weight excluding hydrogens is 456 g/mol. The topological polar surface area (TPSA) is 27.7 Å². The highest BCUT2D eigenvalue weighted by molar-refractivity contribution is 5.98. The number of rotatable bonds is 3. The first-order chi connectivity index (χ1) is 18.1. The minimum atomic E-state index is -0.509. The molecule has 37 heavy (non-hydrogen) atoms. The average molecular weight is 483 g/mol. The maximum Gasteiger partial charge on any atom is 0.132 e. The van der Waals surface area contributed by atoms with Gasteiger partial charge in [0.2, 0.25) is 0 Å². The Kier molecular flexibility index (Phi) is 4.71. The highest BCUT2D eigenvalue weighted by atomic mass is 16.5. The Bertz CT molecular complexity index is 1760. The van der Waals surface area contributed by atoms with Crippen LogP contribution >= 0.6 is 0 Å². The smallest absolute Gasteiger partial charge is 0.132 e. The molecule has 0 fully saturated rings. The monoisotopic (exact) mass is 482 g/mol. The van der Waals surface area contributed by atoms with E-state index in [4.69, 9.17) is 14.2 Å². The van der Waals surface area contributed by atoms with E-state index in [0.29, 0.717) is 0 Å². The van der Waals surface area contributed by atoms with Gasteiger partial charge in [0.25, 0.3) is 0 Å². The van der Waals surface area contributed by atoms with E-state index in [9.17, 15) is 0 Å². The molecule has 1 aliphatic heterocycles. The molecule has 1 heterocycles. The minimum Gasteiger partial charge on any atom is -0.497 e. The van der Waals surface area contributed by atoms with Crippen molar-refractivity contribution in [1.29, 1.82) is 0 Å². The highest BCUT2D eigenvalue weighted by Gasteiger charge is 2.42. The van der Waals surface area contributed by atoms with Gasteiger partial charge in [0.05, 0.1) is 19.6 Å². The lowest BCUT2D eigenvalue weighted by molar-refractivity contribution is 0.414. The normalized spacial score (nSPS) is 13.7. The van der Waals surface area contributed by atoms with E-state index < -0.39 is 5.41 Å². The molecule has 7 rings (SSSR count). The van der Waals surface area contributed by atoms with Gasteiger partial charge in [-0.25, -0.2) is 0 Å². The van der Waals surface area contributed by atoms with Crippen molar-refractivity contribution in [2.45, 2.75) is 12.3 Å². The maximum atomic E-state index is 6.66. The van der Waals surface area contributed by atoms with Crippen molar-refractivity contribution in [3.05, 3.63) is 120 Å². The van der Waals surface area contributed by atoms with Gasteiger partial charge in [0.1, 0.15) is 23.0 Å². The SMILES string of the molecule is COc1ccc2ccc3c(c2c1)C(C)(c1ccc2ccccc2c1)c1c(ccc2ccc(OC)cc12)O3. The first-order valence-corrected chi connectivity index (χ1v) is 12.5. The molecule has 0 aliphatic carbocycles. The van der Waals surface area contributed by atoms with Gasteiger partial charge in [-0.2, -0.15) is 0 Å². The molecule has 0 saturated carbocycles. The Morgan fingerprint density at radius 1 is 0.541 bits per heavy atom. The molecule has 0 bridgehead atoms. The fraction of sp³-hybridized carbons (Fsp3) is 0.118. The Hall–Kier alpha value is -4.50. The summed E-state index contributed by atoms with van der Waals surface area (Å²) in [5.41, 5.74) is 2.98. The van der Waals surface area contributed by atoms with Crippen LogP contribution in [-0.2, 0) is 5.41 Å². The quantitative estimate of drug-likeness (QED) is 0.253. The van der Waals surface area contributed by atoms with Gasteiger partial charge in [0, 0.05) is 11.1 Å². The summed E-state index contributed by atoms with van der Waals surface area (Å²) in [5, 5.41) is 6.98. The molecule has 0 aromatic heterocycles. The first-order valence-electron chi connectivity index (χ1n) is 12.5. The summed E-state index contributed by atoms with van der Waals surface area (Å²) in [7, 11) is 3.43. The van der Waals surface area contributed by atoms with Crippen LogP contribution < -0.4 is 14.2 Å². The summed E-state index contributed by atoms with van der Waals surface area (Å²) in [5.74, 6) is 3.39. The molecule has 6 aromatic rings. The van der Waals surface area contributed by atoms with Gasteiger partial charge in [-0.15, -0.1) is 0 Å². The van der Waals surface area contributed by atoms with Crippen molar-refractivity contribution in [2.24, 2.45) is 0 Å². The van der Waals surface area contributed by atoms with Gasteiger partial charge in [-0.3, -0.25) is 0 Å². The average Bonchev–Trinajstić information content (AvgIpc) is 2.95. The summed E-state index contributed by atoms with van der Waals surface area (Å²) in [6, 6.07) is 36.3. The lowest BCUT2D eigenvalue weighted by Gasteiger charge is -2.40. The number of methoxy groups -OCH3 is 2. The molecule has 6 aromatic carbocycles. The molecular formula is C34H26O3. The number of benzene rings is 6. The van der Waals surface area contributed by atoms with Gasteiger partial charge >= 0.3 is 0 Å². The van der Waals surface area contributed by atoms with Crippen molar-refractivity contribution in [1.82, 2.24) is 0 Å². The second-order valence-electron chi connectivity index (χ2n) is 9.84. The van der Waals surface area contributed by atoms with Gasteiger partial charge in [0.15, 0.2) is 0 Å². The molecule has 0 N–H and O–H groups in total. The zero-order valence-electron chi connectivity index (χ0n) is 21.0. The number of hydrogen-bond donors (Lipinski definition) is 0. The largest absolute Gasteiger partial charge is 0.497 e. The van der Waals surface area contributed by atoms with E-state index in [1.165, 1.54) is 16.3 Å². The summed E-state index contributed by atoms with van der Waals surface area (Å²) in [6.45, 7) is 2.33.